The maximum Gasteiger partial charge on any atom is 0.0134 e. The average molecular weight is 251 g/mol. The molecule has 0 unspecified atom stereocenters. The summed E-state index contributed by atoms with van der Waals surface area (Å²) >= 11 is 8.20. The Morgan fingerprint density at radius 3 is 1.50 bits per heavy atom. The summed E-state index contributed by atoms with van der Waals surface area (Å²) in [5, 5.41) is 0. The van der Waals surface area contributed by atoms with Crippen molar-refractivity contribution in [3.05, 3.63) is 0 Å². The van der Waals surface area contributed by atoms with Crippen molar-refractivity contribution in [2.75, 3.05) is 23.0 Å². The zero-order valence-electron chi connectivity index (χ0n) is 5.36. The van der Waals surface area contributed by atoms with Crippen molar-refractivity contribution in [1.82, 2.24) is 0 Å². The van der Waals surface area contributed by atoms with Crippen LogP contribution in [0.3, 0.4) is 0 Å². The Bertz CT molecular complexity index is 49.7. The van der Waals surface area contributed by atoms with Gasteiger partial charge >= 0.3 is 0 Å². The third-order valence-corrected chi connectivity index (χ3v) is 7.99. The highest BCUT2D eigenvalue weighted by Crippen LogP contribution is 2.42. The van der Waals surface area contributed by atoms with Crippen molar-refractivity contribution in [2.45, 2.75) is 0 Å². The molecule has 10 heavy (non-hydrogen) atoms. The summed E-state index contributed by atoms with van der Waals surface area (Å²) in [5.41, 5.74) is 0. The van der Waals surface area contributed by atoms with Gasteiger partial charge in [0.1, 0.15) is 0 Å². The lowest BCUT2D eigenvalue weighted by Gasteiger charge is -1.95. The Labute approximate surface area is 88.8 Å². The molecule has 0 saturated heterocycles. The van der Waals surface area contributed by atoms with Crippen molar-refractivity contribution in [3.8, 4) is 0 Å². The quantitative estimate of drug-likeness (QED) is 0.403. The smallest absolute Gasteiger partial charge is 0.0134 e. The standard InChI is InChI=1S/C4H10S6/c5-1-3-7-9-10-8-4-2-6/h5-6H,1-4H2. The van der Waals surface area contributed by atoms with Crippen LogP contribution in [0.15, 0.2) is 0 Å². The summed E-state index contributed by atoms with van der Waals surface area (Å²) in [6.07, 6.45) is 0. The molecule has 0 atom stereocenters. The molecule has 62 valence electrons. The molecular formula is C4H10S6. The third kappa shape index (κ3) is 10.1. The van der Waals surface area contributed by atoms with Gasteiger partial charge in [0, 0.05) is 23.0 Å². The Balaban J connectivity index is 2.65. The lowest BCUT2D eigenvalue weighted by atomic mass is 11.0. The van der Waals surface area contributed by atoms with Gasteiger partial charge in [0.25, 0.3) is 0 Å². The minimum Gasteiger partial charge on any atom is -0.178 e. The van der Waals surface area contributed by atoms with Gasteiger partial charge in [-0.3, -0.25) is 0 Å². The van der Waals surface area contributed by atoms with Crippen LogP contribution in [0.2, 0.25) is 0 Å². The van der Waals surface area contributed by atoms with Crippen molar-refractivity contribution < 1.29 is 0 Å². The van der Waals surface area contributed by atoms with Gasteiger partial charge in [-0.15, -0.1) is 0 Å². The van der Waals surface area contributed by atoms with Gasteiger partial charge in [-0.1, -0.05) is 21.6 Å². The van der Waals surface area contributed by atoms with E-state index in [1.807, 2.05) is 41.2 Å². The molecule has 0 aliphatic carbocycles. The maximum absolute atomic E-state index is 4.10. The summed E-state index contributed by atoms with van der Waals surface area (Å²) in [5.74, 6) is 4.19. The van der Waals surface area contributed by atoms with Gasteiger partial charge in [-0.05, 0) is 19.7 Å². The van der Waals surface area contributed by atoms with Crippen LogP contribution < -0.4 is 0 Å². The fourth-order valence-corrected chi connectivity index (χ4v) is 7.03. The normalized spacial score (nSPS) is 10.2. The highest BCUT2D eigenvalue weighted by Gasteiger charge is 1.89. The summed E-state index contributed by atoms with van der Waals surface area (Å²) in [4.78, 5) is 0. The van der Waals surface area contributed by atoms with Gasteiger partial charge in [0.05, 0.1) is 0 Å². The molecule has 0 bridgehead atoms. The van der Waals surface area contributed by atoms with Crippen molar-refractivity contribution in [1.29, 1.82) is 0 Å². The fraction of sp³-hybridized carbons (Fsp3) is 1.00. The molecule has 0 aliphatic rings. The first-order chi connectivity index (χ1) is 4.91. The minimum atomic E-state index is 0.968. The minimum absolute atomic E-state index is 0.968. The number of hydrogen-bond donors (Lipinski definition) is 2. The van der Waals surface area contributed by atoms with Crippen LogP contribution in [-0.4, -0.2) is 23.0 Å². The van der Waals surface area contributed by atoms with E-state index >= 15 is 0 Å². The molecule has 0 rings (SSSR count). The highest BCUT2D eigenvalue weighted by molar-refractivity contribution is 9.26. The van der Waals surface area contributed by atoms with Crippen LogP contribution in [0, 0.1) is 0 Å². The molecule has 0 aliphatic heterocycles. The molecule has 0 spiro atoms. The Kier molecular flexibility index (Phi) is 13.4. The SMILES string of the molecule is SCCSSSSCCS. The van der Waals surface area contributed by atoms with Crippen molar-refractivity contribution in [3.63, 3.8) is 0 Å². The molecule has 0 N–H and O–H groups in total. The first-order valence-corrected chi connectivity index (χ1v) is 9.13. The molecule has 6 heteroatoms. The zero-order valence-corrected chi connectivity index (χ0v) is 10.4. The van der Waals surface area contributed by atoms with E-state index in [4.69, 9.17) is 0 Å². The largest absolute Gasteiger partial charge is 0.178 e. The van der Waals surface area contributed by atoms with Gasteiger partial charge in [0.2, 0.25) is 0 Å². The van der Waals surface area contributed by atoms with Crippen molar-refractivity contribution in [2.24, 2.45) is 0 Å². The maximum atomic E-state index is 4.10. The van der Waals surface area contributed by atoms with Crippen LogP contribution >= 0.6 is 66.5 Å². The average Bonchev–Trinajstić information content (AvgIpc) is 1.97. The first kappa shape index (κ1) is 12.1. The van der Waals surface area contributed by atoms with E-state index in [1.165, 1.54) is 0 Å². The van der Waals surface area contributed by atoms with Crippen LogP contribution in [0.4, 0.5) is 0 Å². The molecule has 0 radical (unpaired) electrons. The predicted octanol–water partition coefficient (Wildman–Crippen LogP) is 3.52. The van der Waals surface area contributed by atoms with Gasteiger partial charge in [-0.25, -0.2) is 0 Å². The summed E-state index contributed by atoms with van der Waals surface area (Å²) in [6, 6.07) is 0. The van der Waals surface area contributed by atoms with Gasteiger partial charge in [0.15, 0.2) is 0 Å². The number of thiol groups is 2. The monoisotopic (exact) mass is 250 g/mol. The van der Waals surface area contributed by atoms with E-state index in [0.717, 1.165) is 23.0 Å². The molecule has 0 nitrogen and oxygen atoms in total. The Morgan fingerprint density at radius 1 is 0.800 bits per heavy atom. The second kappa shape index (κ2) is 11.1. The molecule has 0 amide bonds. The van der Waals surface area contributed by atoms with E-state index in [0.29, 0.717) is 0 Å². The zero-order chi connectivity index (χ0) is 7.66. The van der Waals surface area contributed by atoms with Gasteiger partial charge in [-0.2, -0.15) is 25.3 Å². The summed E-state index contributed by atoms with van der Waals surface area (Å²) in [6.45, 7) is 0. The van der Waals surface area contributed by atoms with E-state index in [-0.39, 0.29) is 0 Å². The Hall–Kier alpha value is 2.10. The van der Waals surface area contributed by atoms with Crippen LogP contribution in [-0.2, 0) is 0 Å². The van der Waals surface area contributed by atoms with E-state index in [9.17, 15) is 0 Å². The molecule has 0 aromatic heterocycles. The second-order valence-corrected chi connectivity index (χ2v) is 8.36. The van der Waals surface area contributed by atoms with Crippen LogP contribution in [0.5, 0.6) is 0 Å². The highest BCUT2D eigenvalue weighted by atomic mass is 33.7. The van der Waals surface area contributed by atoms with E-state index < -0.39 is 0 Å². The summed E-state index contributed by atoms with van der Waals surface area (Å²) in [7, 11) is 7.38. The number of rotatable bonds is 7. The van der Waals surface area contributed by atoms with E-state index in [2.05, 4.69) is 25.3 Å². The second-order valence-electron chi connectivity index (χ2n) is 1.23. The molecule has 0 saturated carbocycles. The van der Waals surface area contributed by atoms with Crippen LogP contribution in [0.25, 0.3) is 0 Å². The molecule has 0 aromatic carbocycles. The van der Waals surface area contributed by atoms with Crippen LogP contribution in [0.1, 0.15) is 0 Å². The topological polar surface area (TPSA) is 0 Å². The molecular weight excluding hydrogens is 240 g/mol. The van der Waals surface area contributed by atoms with Gasteiger partial charge < -0.3 is 0 Å². The van der Waals surface area contributed by atoms with Crippen molar-refractivity contribution >= 4 is 66.5 Å². The lowest BCUT2D eigenvalue weighted by Crippen LogP contribution is -1.72. The lowest BCUT2D eigenvalue weighted by molar-refractivity contribution is 1.58. The van der Waals surface area contributed by atoms with E-state index in [1.54, 1.807) is 0 Å². The first-order valence-electron chi connectivity index (χ1n) is 2.71. The summed E-state index contributed by atoms with van der Waals surface area (Å²) < 4.78 is 0. The molecule has 0 heterocycles. The Morgan fingerprint density at radius 2 is 1.20 bits per heavy atom. The molecule has 0 fully saturated rings. The molecule has 0 aromatic rings. The predicted molar refractivity (Wildman–Crippen MR) is 67.8 cm³/mol. The fourth-order valence-electron chi connectivity index (χ4n) is 0.182. The third-order valence-electron chi connectivity index (χ3n) is 0.473. The number of hydrogen-bond acceptors (Lipinski definition) is 6.